The molecular weight excluding hydrogens is 818 g/mol. The Morgan fingerprint density at radius 3 is 2.19 bits per heavy atom. The van der Waals surface area contributed by atoms with Crippen molar-refractivity contribution in [2.75, 3.05) is 34.9 Å². The van der Waals surface area contributed by atoms with E-state index in [1.807, 2.05) is 71.0 Å². The van der Waals surface area contributed by atoms with Gasteiger partial charge in [0, 0.05) is 29.8 Å². The molecule has 15 heteroatoms. The van der Waals surface area contributed by atoms with Crippen LogP contribution in [0.2, 0.25) is 5.02 Å². The minimum Gasteiger partial charge on any atom is -0.497 e. The van der Waals surface area contributed by atoms with E-state index in [1.165, 1.54) is 6.92 Å². The van der Waals surface area contributed by atoms with Gasteiger partial charge in [-0.3, -0.25) is 9.59 Å². The molecule has 0 saturated carbocycles. The number of aliphatic hydroxyl groups excluding tert-OH is 2. The summed E-state index contributed by atoms with van der Waals surface area (Å²) in [4.78, 5) is 29.9. The summed E-state index contributed by atoms with van der Waals surface area (Å²) in [5.41, 5.74) is -0.578. The number of methoxy groups -OCH3 is 2. The molecule has 0 bridgehead atoms. The first-order valence-corrected chi connectivity index (χ1v) is 22.0. The first-order valence-electron chi connectivity index (χ1n) is 21.6. The van der Waals surface area contributed by atoms with Crippen molar-refractivity contribution in [2.45, 2.75) is 142 Å². The molecule has 3 N–H and O–H groups in total. The lowest BCUT2D eigenvalue weighted by atomic mass is 9.74. The summed E-state index contributed by atoms with van der Waals surface area (Å²) in [5, 5.41) is 45.4. The molecule has 0 aliphatic carbocycles. The normalized spacial score (nSPS) is 35.0. The highest BCUT2D eigenvalue weighted by atomic mass is 35.5. The van der Waals surface area contributed by atoms with Crippen LogP contribution in [-0.2, 0) is 39.7 Å². The van der Waals surface area contributed by atoms with Crippen LogP contribution < -0.4 is 4.74 Å². The molecule has 2 heterocycles. The van der Waals surface area contributed by atoms with Crippen molar-refractivity contribution >= 4 is 35.0 Å². The predicted molar refractivity (Wildman–Crippen MR) is 238 cm³/mol. The molecule has 0 radical (unpaired) electrons. The van der Waals surface area contributed by atoms with Gasteiger partial charge in [-0.1, -0.05) is 51.4 Å². The standard InChI is InChI=1S/C47H70ClN3O11/c1-13-38-46(8,56)43(53)30(5)40(50-49-32(7)34-16-20-36(57-11)21-17-34)27(2)24-47(58-12,26-59-42-37(51(9)10)22-29(4)60-45(42)55)25-28(3)41(31(6)44(54)61-38)62-39(52)23-33-14-18-35(48)19-15-33/h14-21,27-31,37-38,41-43,45,53,55-56H,13,22-26H2,1-12H3. The number of carbonyl (C=O) groups is 2. The molecule has 2 aliphatic heterocycles. The fourth-order valence-corrected chi connectivity index (χ4v) is 9.09. The number of hydrogen-bond acceptors (Lipinski definition) is 14. The molecule has 4 rings (SSSR count). The number of carbonyl (C=O) groups excluding carboxylic acids is 2. The maximum Gasteiger partial charge on any atom is 0.312 e. The van der Waals surface area contributed by atoms with Crippen LogP contribution in [0.1, 0.15) is 92.2 Å². The van der Waals surface area contributed by atoms with Crippen LogP contribution in [-0.4, -0.2) is 133 Å². The molecule has 0 spiro atoms. The van der Waals surface area contributed by atoms with Gasteiger partial charge in [0.1, 0.15) is 29.7 Å². The highest BCUT2D eigenvalue weighted by Crippen LogP contribution is 2.38. The average Bonchev–Trinajstić information content (AvgIpc) is 3.23. The Morgan fingerprint density at radius 1 is 0.968 bits per heavy atom. The van der Waals surface area contributed by atoms with Gasteiger partial charge >= 0.3 is 11.9 Å². The maximum atomic E-state index is 14.2. The van der Waals surface area contributed by atoms with E-state index in [2.05, 4.69) is 5.10 Å². The Morgan fingerprint density at radius 2 is 1.61 bits per heavy atom. The molecule has 2 aliphatic rings. The number of halogens is 1. The average molecular weight is 889 g/mol. The van der Waals surface area contributed by atoms with E-state index < -0.39 is 77.5 Å². The highest BCUT2D eigenvalue weighted by molar-refractivity contribution is 6.30. The lowest BCUT2D eigenvalue weighted by molar-refractivity contribution is -0.256. The first-order chi connectivity index (χ1) is 29.2. The summed E-state index contributed by atoms with van der Waals surface area (Å²) < 4.78 is 36.6. The van der Waals surface area contributed by atoms with Gasteiger partial charge < -0.3 is 48.6 Å². The molecule has 14 nitrogen and oxygen atoms in total. The van der Waals surface area contributed by atoms with Crippen LogP contribution in [0.4, 0.5) is 0 Å². The number of likely N-dealkylation sites (N-methyl/N-ethyl adjacent to an activating group) is 1. The smallest absolute Gasteiger partial charge is 0.312 e. The van der Waals surface area contributed by atoms with E-state index in [9.17, 15) is 24.9 Å². The molecule has 2 aromatic carbocycles. The van der Waals surface area contributed by atoms with Crippen molar-refractivity contribution in [1.29, 1.82) is 0 Å². The third-order valence-electron chi connectivity index (χ3n) is 12.7. The van der Waals surface area contributed by atoms with Crippen molar-refractivity contribution in [3.8, 4) is 5.75 Å². The topological polar surface area (TPSA) is 178 Å². The van der Waals surface area contributed by atoms with E-state index in [0.717, 1.165) is 5.56 Å². The quantitative estimate of drug-likeness (QED) is 0.124. The van der Waals surface area contributed by atoms with Crippen LogP contribution in [0.5, 0.6) is 5.75 Å². The number of nitrogens with zero attached hydrogens (tertiary/aromatic N) is 3. The van der Waals surface area contributed by atoms with Crippen molar-refractivity contribution in [3.63, 3.8) is 0 Å². The zero-order valence-corrected chi connectivity index (χ0v) is 39.3. The first kappa shape index (κ1) is 51.2. The Bertz CT molecular complexity index is 1820. The van der Waals surface area contributed by atoms with Crippen molar-refractivity contribution in [3.05, 3.63) is 64.7 Å². The van der Waals surface area contributed by atoms with Gasteiger partial charge in [-0.05, 0) is 127 Å². The number of esters is 2. The second kappa shape index (κ2) is 22.4. The molecule has 13 unspecified atom stereocenters. The molecule has 62 heavy (non-hydrogen) atoms. The fraction of sp³-hybridized carbons (Fsp3) is 0.660. The number of ether oxygens (including phenoxy) is 6. The third-order valence-corrected chi connectivity index (χ3v) is 13.0. The Labute approximate surface area is 372 Å². The number of cyclic esters (lactones) is 1. The van der Waals surface area contributed by atoms with Crippen molar-refractivity contribution in [2.24, 2.45) is 33.9 Å². The summed E-state index contributed by atoms with van der Waals surface area (Å²) in [6.45, 7) is 14.1. The lowest BCUT2D eigenvalue weighted by Gasteiger charge is -2.45. The van der Waals surface area contributed by atoms with Gasteiger partial charge in [0.2, 0.25) is 0 Å². The van der Waals surface area contributed by atoms with E-state index in [4.69, 9.17) is 45.1 Å². The maximum absolute atomic E-state index is 14.2. The van der Waals surface area contributed by atoms with Crippen LogP contribution in [0.25, 0.3) is 0 Å². The second-order valence-electron chi connectivity index (χ2n) is 17.8. The molecule has 0 amide bonds. The minimum absolute atomic E-state index is 0.0414. The van der Waals surface area contributed by atoms with Gasteiger partial charge in [-0.2, -0.15) is 10.2 Å². The molecule has 13 atom stereocenters. The van der Waals surface area contributed by atoms with Gasteiger partial charge in [-0.15, -0.1) is 0 Å². The number of benzene rings is 2. The predicted octanol–water partition coefficient (Wildman–Crippen LogP) is 6.27. The zero-order valence-electron chi connectivity index (χ0n) is 38.5. The van der Waals surface area contributed by atoms with Crippen LogP contribution in [0.3, 0.4) is 0 Å². The third kappa shape index (κ3) is 12.8. The number of rotatable bonds is 12. The van der Waals surface area contributed by atoms with Gasteiger partial charge in [0.05, 0.1) is 49.6 Å². The second-order valence-corrected chi connectivity index (χ2v) is 18.3. The summed E-state index contributed by atoms with van der Waals surface area (Å²) in [6, 6.07) is 14.1. The van der Waals surface area contributed by atoms with E-state index in [-0.39, 0.29) is 44.4 Å². The zero-order chi connectivity index (χ0) is 46.1. The number of aliphatic hydroxyl groups is 3. The highest BCUT2D eigenvalue weighted by Gasteiger charge is 2.49. The Hall–Kier alpha value is -3.47. The van der Waals surface area contributed by atoms with Crippen LogP contribution in [0, 0.1) is 23.7 Å². The summed E-state index contributed by atoms with van der Waals surface area (Å²) in [7, 11) is 7.02. The summed E-state index contributed by atoms with van der Waals surface area (Å²) in [5.74, 6) is -3.40. The monoisotopic (exact) mass is 887 g/mol. The van der Waals surface area contributed by atoms with E-state index in [1.54, 1.807) is 59.3 Å². The molecule has 346 valence electrons. The number of hydrogen-bond donors (Lipinski definition) is 3. The van der Waals surface area contributed by atoms with Gasteiger partial charge in [-0.25, -0.2) is 0 Å². The largest absolute Gasteiger partial charge is 0.497 e. The minimum atomic E-state index is -1.95. The van der Waals surface area contributed by atoms with Crippen molar-refractivity contribution < 1.29 is 53.3 Å². The van der Waals surface area contributed by atoms with E-state index >= 15 is 0 Å². The SMILES string of the molecule is CCC1OC(=O)C(C)C(OC(=O)Cc2ccc(Cl)cc2)C(C)CC(COC2C(O)OC(C)CC2N(C)C)(OC)CC(C)C(=NN=C(C)c2ccc(OC)cc2)C(C)C(O)C1(C)O. The molecule has 0 aromatic heterocycles. The van der Waals surface area contributed by atoms with Gasteiger partial charge in [0.25, 0.3) is 0 Å². The summed E-state index contributed by atoms with van der Waals surface area (Å²) >= 11 is 6.10. The molecule has 2 aromatic rings. The van der Waals surface area contributed by atoms with Crippen LogP contribution in [0.15, 0.2) is 58.7 Å². The molecule has 2 saturated heterocycles. The fourth-order valence-electron chi connectivity index (χ4n) is 8.96. The molecule has 2 fully saturated rings. The Kier molecular flexibility index (Phi) is 18.5. The van der Waals surface area contributed by atoms with Gasteiger partial charge in [0.15, 0.2) is 6.29 Å². The lowest BCUT2D eigenvalue weighted by Crippen LogP contribution is -2.57. The summed E-state index contributed by atoms with van der Waals surface area (Å²) in [6.07, 6.45) is -4.64. The Balaban J connectivity index is 1.86. The van der Waals surface area contributed by atoms with Crippen LogP contribution >= 0.6 is 11.6 Å². The van der Waals surface area contributed by atoms with Crippen molar-refractivity contribution in [1.82, 2.24) is 4.90 Å². The molecular formula is C47H70ClN3O11. The van der Waals surface area contributed by atoms with E-state index in [0.29, 0.717) is 34.2 Å².